The number of carbonyl (C=O) groups is 4. The summed E-state index contributed by atoms with van der Waals surface area (Å²) in [6.45, 7) is 1.97. The Kier molecular flexibility index (Phi) is 7.11. The van der Waals surface area contributed by atoms with Crippen LogP contribution in [-0.2, 0) is 23.8 Å². The van der Waals surface area contributed by atoms with Crippen LogP contribution in [0.4, 0.5) is 5.69 Å². The molecule has 2 aromatic rings. The van der Waals surface area contributed by atoms with Crippen molar-refractivity contribution in [3.63, 3.8) is 0 Å². The lowest BCUT2D eigenvalue weighted by Crippen LogP contribution is -2.35. The van der Waals surface area contributed by atoms with E-state index in [9.17, 15) is 19.2 Å². The van der Waals surface area contributed by atoms with E-state index in [1.165, 1.54) is 30.6 Å². The first-order chi connectivity index (χ1) is 16.9. The molecule has 0 saturated carbocycles. The fourth-order valence-electron chi connectivity index (χ4n) is 3.55. The van der Waals surface area contributed by atoms with Gasteiger partial charge in [0.2, 0.25) is 0 Å². The summed E-state index contributed by atoms with van der Waals surface area (Å²) < 4.78 is 15.8. The number of thiophene rings is 1. The van der Waals surface area contributed by atoms with Crippen LogP contribution in [0, 0.1) is 5.92 Å². The Morgan fingerprint density at radius 3 is 2.60 bits per heavy atom. The summed E-state index contributed by atoms with van der Waals surface area (Å²) in [4.78, 5) is 50.1. The topological polar surface area (TPSA) is 111 Å². The smallest absolute Gasteiger partial charge is 0.353 e. The van der Waals surface area contributed by atoms with Crippen LogP contribution in [0.3, 0.4) is 0 Å². The Balaban J connectivity index is 1.46. The summed E-state index contributed by atoms with van der Waals surface area (Å²) in [6.07, 6.45) is 5.19. The number of hydrogen-bond donors (Lipinski definition) is 1. The van der Waals surface area contributed by atoms with Crippen LogP contribution < -0.4 is 10.4 Å². The molecule has 9 nitrogen and oxygen atoms in total. The summed E-state index contributed by atoms with van der Waals surface area (Å²) >= 11 is 1.27. The number of nitrogens with one attached hydrogen (secondary N) is 1. The number of methoxy groups -OCH3 is 1. The molecule has 4 rings (SSSR count). The number of rotatable bonds is 7. The highest BCUT2D eigenvalue weighted by Crippen LogP contribution is 2.29. The molecule has 180 valence electrons. The maximum atomic E-state index is 13.0. The van der Waals surface area contributed by atoms with Crippen molar-refractivity contribution >= 4 is 40.8 Å². The molecular weight excluding hydrogens is 472 g/mol. The molecule has 0 spiro atoms. The molecule has 1 unspecified atom stereocenters. The summed E-state index contributed by atoms with van der Waals surface area (Å²) in [5, 5.41) is 2.90. The second-order valence-corrected chi connectivity index (χ2v) is 8.46. The average molecular weight is 495 g/mol. The van der Waals surface area contributed by atoms with Crippen LogP contribution >= 0.6 is 11.3 Å². The van der Waals surface area contributed by atoms with E-state index in [1.807, 2.05) is 0 Å². The minimum Gasteiger partial charge on any atom is -0.497 e. The number of allylic oxidation sites excluding steroid dienone is 4. The molecular formula is C25H22N2O7S. The Bertz CT molecular complexity index is 1240. The van der Waals surface area contributed by atoms with Gasteiger partial charge in [-0.3, -0.25) is 15.0 Å². The standard InChI is InChI=1S/C25H22N2O7S/c1-3-33-24(30)16-7-9-17(10-8-16)27-23(29)18(22(28)26-27)13-15-6-11-19(20(14-15)32-2)34-25(31)21-5-4-12-35-21/h4-13,15H,3,14H2,1-2H3,(H,26,28). The van der Waals surface area contributed by atoms with Crippen molar-refractivity contribution in [1.29, 1.82) is 0 Å². The third kappa shape index (κ3) is 5.17. The van der Waals surface area contributed by atoms with Gasteiger partial charge in [0, 0.05) is 12.3 Å². The zero-order valence-corrected chi connectivity index (χ0v) is 19.8. The normalized spacial score (nSPS) is 18.6. The summed E-state index contributed by atoms with van der Waals surface area (Å²) in [5.74, 6) is -1.64. The number of amides is 2. The van der Waals surface area contributed by atoms with E-state index in [4.69, 9.17) is 14.2 Å². The average Bonchev–Trinajstić information content (AvgIpc) is 3.50. The second kappa shape index (κ2) is 10.4. The van der Waals surface area contributed by atoms with Crippen molar-refractivity contribution in [3.05, 3.63) is 87.5 Å². The molecule has 0 radical (unpaired) electrons. The van der Waals surface area contributed by atoms with Crippen LogP contribution in [0.5, 0.6) is 0 Å². The van der Waals surface area contributed by atoms with Gasteiger partial charge >= 0.3 is 11.9 Å². The van der Waals surface area contributed by atoms with Gasteiger partial charge in [0.15, 0.2) is 5.76 Å². The first kappa shape index (κ1) is 24.0. The second-order valence-electron chi connectivity index (χ2n) is 7.51. The van der Waals surface area contributed by atoms with Gasteiger partial charge in [0.05, 0.1) is 25.0 Å². The lowest BCUT2D eigenvalue weighted by Gasteiger charge is -2.19. The SMILES string of the molecule is CCOC(=O)c1ccc(N2NC(=O)C(=CC3C=CC(OC(=O)c4cccs4)=C(OC)C3)C2=O)cc1. The third-order valence-electron chi connectivity index (χ3n) is 5.27. The lowest BCUT2D eigenvalue weighted by molar-refractivity contribution is -0.117. The molecule has 0 bridgehead atoms. The van der Waals surface area contributed by atoms with Gasteiger partial charge in [-0.2, -0.15) is 0 Å². The van der Waals surface area contributed by atoms with Crippen LogP contribution in [0.2, 0.25) is 0 Å². The Morgan fingerprint density at radius 1 is 1.17 bits per heavy atom. The number of hydrogen-bond acceptors (Lipinski definition) is 8. The van der Waals surface area contributed by atoms with Gasteiger partial charge < -0.3 is 14.2 Å². The number of nitrogens with zero attached hydrogens (tertiary/aromatic N) is 1. The van der Waals surface area contributed by atoms with Crippen molar-refractivity contribution < 1.29 is 33.4 Å². The molecule has 2 heterocycles. The highest BCUT2D eigenvalue weighted by Gasteiger charge is 2.35. The van der Waals surface area contributed by atoms with E-state index in [0.717, 1.165) is 5.01 Å². The van der Waals surface area contributed by atoms with Crippen LogP contribution in [0.1, 0.15) is 33.4 Å². The van der Waals surface area contributed by atoms with Crippen molar-refractivity contribution in [1.82, 2.24) is 5.43 Å². The van der Waals surface area contributed by atoms with Gasteiger partial charge in [0.25, 0.3) is 11.8 Å². The summed E-state index contributed by atoms with van der Waals surface area (Å²) in [5.41, 5.74) is 3.25. The van der Waals surface area contributed by atoms with Crippen LogP contribution in [0.25, 0.3) is 0 Å². The van der Waals surface area contributed by atoms with Crippen LogP contribution in [-0.4, -0.2) is 37.5 Å². The molecule has 10 heteroatoms. The summed E-state index contributed by atoms with van der Waals surface area (Å²) in [7, 11) is 1.47. The molecule has 1 aliphatic carbocycles. The minimum absolute atomic E-state index is 0.0244. The van der Waals surface area contributed by atoms with Crippen LogP contribution in [0.15, 0.2) is 77.1 Å². The van der Waals surface area contributed by atoms with Crippen molar-refractivity contribution in [2.24, 2.45) is 5.92 Å². The van der Waals surface area contributed by atoms with Crippen molar-refractivity contribution in [3.8, 4) is 0 Å². The van der Waals surface area contributed by atoms with E-state index in [1.54, 1.807) is 54.8 Å². The first-order valence-corrected chi connectivity index (χ1v) is 11.6. The van der Waals surface area contributed by atoms with Gasteiger partial charge in [-0.1, -0.05) is 18.2 Å². The van der Waals surface area contributed by atoms with Gasteiger partial charge in [0.1, 0.15) is 16.2 Å². The number of carbonyl (C=O) groups excluding carboxylic acids is 4. The fourth-order valence-corrected chi connectivity index (χ4v) is 4.15. The summed E-state index contributed by atoms with van der Waals surface area (Å²) in [6, 6.07) is 9.57. The molecule has 1 fully saturated rings. The van der Waals surface area contributed by atoms with E-state index < -0.39 is 23.8 Å². The number of esters is 2. The molecule has 1 saturated heterocycles. The number of ether oxygens (including phenoxy) is 3. The van der Waals surface area contributed by atoms with Gasteiger partial charge in [-0.25, -0.2) is 14.6 Å². The number of hydrazine groups is 1. The van der Waals surface area contributed by atoms with E-state index in [2.05, 4.69) is 5.43 Å². The minimum atomic E-state index is -0.546. The lowest BCUT2D eigenvalue weighted by atomic mass is 9.95. The van der Waals surface area contributed by atoms with Crippen molar-refractivity contribution in [2.45, 2.75) is 13.3 Å². The number of anilines is 1. The molecule has 2 aliphatic rings. The monoisotopic (exact) mass is 494 g/mol. The molecule has 1 aromatic carbocycles. The Morgan fingerprint density at radius 2 is 1.94 bits per heavy atom. The molecule has 35 heavy (non-hydrogen) atoms. The van der Waals surface area contributed by atoms with E-state index in [-0.39, 0.29) is 23.9 Å². The molecule has 1 aromatic heterocycles. The highest BCUT2D eigenvalue weighted by molar-refractivity contribution is 7.11. The quantitative estimate of drug-likeness (QED) is 0.356. The Hall–Kier alpha value is -4.18. The predicted octanol–water partition coefficient (Wildman–Crippen LogP) is 3.52. The molecule has 1 aliphatic heterocycles. The van der Waals surface area contributed by atoms with Crippen molar-refractivity contribution in [2.75, 3.05) is 18.7 Å². The van der Waals surface area contributed by atoms with Gasteiger partial charge in [-0.05, 0) is 48.7 Å². The maximum absolute atomic E-state index is 13.0. The van der Waals surface area contributed by atoms with Gasteiger partial charge in [-0.15, -0.1) is 11.3 Å². The van der Waals surface area contributed by atoms with E-state index >= 15 is 0 Å². The van der Waals surface area contributed by atoms with E-state index in [0.29, 0.717) is 28.3 Å². The molecule has 1 N–H and O–H groups in total. The molecule has 2 amide bonds. The zero-order chi connectivity index (χ0) is 24.9. The fraction of sp³-hybridized carbons (Fsp3) is 0.200. The Labute approximate surface area is 205 Å². The number of benzene rings is 1. The molecule has 1 atom stereocenters. The maximum Gasteiger partial charge on any atom is 0.353 e. The first-order valence-electron chi connectivity index (χ1n) is 10.8. The largest absolute Gasteiger partial charge is 0.497 e. The zero-order valence-electron chi connectivity index (χ0n) is 19.0. The third-order valence-corrected chi connectivity index (χ3v) is 6.12. The predicted molar refractivity (Wildman–Crippen MR) is 127 cm³/mol. The highest BCUT2D eigenvalue weighted by atomic mass is 32.1.